The summed E-state index contributed by atoms with van der Waals surface area (Å²) in [6.07, 6.45) is 1.75. The molecule has 1 aromatic carbocycles. The molecule has 3 rings (SSSR count). The highest BCUT2D eigenvalue weighted by Gasteiger charge is 2.35. The number of benzene rings is 1. The van der Waals surface area contributed by atoms with Crippen molar-refractivity contribution >= 4 is 46.5 Å². The van der Waals surface area contributed by atoms with Crippen molar-refractivity contribution in [2.75, 3.05) is 16.8 Å². The highest BCUT2D eigenvalue weighted by atomic mass is 35.5. The van der Waals surface area contributed by atoms with Crippen LogP contribution < -0.4 is 10.2 Å². The number of rotatable bonds is 3. The maximum absolute atomic E-state index is 12.4. The van der Waals surface area contributed by atoms with Crippen LogP contribution in [0.15, 0.2) is 36.5 Å². The Hall–Kier alpha value is -2.11. The lowest BCUT2D eigenvalue weighted by Gasteiger charge is -2.17. The molecule has 0 aliphatic carbocycles. The molecule has 1 aliphatic rings. The van der Waals surface area contributed by atoms with Gasteiger partial charge < -0.3 is 10.2 Å². The van der Waals surface area contributed by atoms with Gasteiger partial charge in [0.05, 0.1) is 5.92 Å². The molecule has 124 valence electrons. The van der Waals surface area contributed by atoms with Gasteiger partial charge in [-0.3, -0.25) is 9.59 Å². The van der Waals surface area contributed by atoms with Gasteiger partial charge in [-0.1, -0.05) is 29.3 Å². The van der Waals surface area contributed by atoms with Crippen molar-refractivity contribution < 1.29 is 9.59 Å². The molecule has 0 radical (unpaired) electrons. The van der Waals surface area contributed by atoms with Crippen LogP contribution in [0.25, 0.3) is 0 Å². The van der Waals surface area contributed by atoms with Crippen LogP contribution in [0.5, 0.6) is 0 Å². The lowest BCUT2D eigenvalue weighted by atomic mass is 10.1. The Morgan fingerprint density at radius 1 is 1.29 bits per heavy atom. The van der Waals surface area contributed by atoms with Crippen molar-refractivity contribution in [1.82, 2.24) is 4.98 Å². The van der Waals surface area contributed by atoms with E-state index in [9.17, 15) is 9.59 Å². The summed E-state index contributed by atoms with van der Waals surface area (Å²) < 4.78 is 0. The van der Waals surface area contributed by atoms with E-state index >= 15 is 0 Å². The molecular weight excluding hydrogens is 349 g/mol. The van der Waals surface area contributed by atoms with E-state index in [2.05, 4.69) is 10.3 Å². The molecule has 1 aliphatic heterocycles. The minimum absolute atomic E-state index is 0.133. The van der Waals surface area contributed by atoms with Crippen LogP contribution >= 0.6 is 23.2 Å². The Balaban J connectivity index is 1.74. The monoisotopic (exact) mass is 363 g/mol. The summed E-state index contributed by atoms with van der Waals surface area (Å²) in [7, 11) is 0. The third-order valence-electron chi connectivity index (χ3n) is 3.91. The van der Waals surface area contributed by atoms with Gasteiger partial charge >= 0.3 is 0 Å². The molecule has 2 amide bonds. The van der Waals surface area contributed by atoms with Gasteiger partial charge in [0.1, 0.15) is 5.82 Å². The predicted octanol–water partition coefficient (Wildman–Crippen LogP) is 3.69. The zero-order chi connectivity index (χ0) is 17.3. The van der Waals surface area contributed by atoms with Gasteiger partial charge in [0.25, 0.3) is 0 Å². The van der Waals surface area contributed by atoms with Gasteiger partial charge in [-0.25, -0.2) is 4.98 Å². The number of hydrogen-bond donors (Lipinski definition) is 1. The number of anilines is 2. The van der Waals surface area contributed by atoms with Crippen LogP contribution in [0, 0.1) is 12.8 Å². The van der Waals surface area contributed by atoms with Crippen molar-refractivity contribution in [1.29, 1.82) is 0 Å². The van der Waals surface area contributed by atoms with E-state index < -0.39 is 5.92 Å². The van der Waals surface area contributed by atoms with Crippen molar-refractivity contribution in [3.05, 3.63) is 52.1 Å². The van der Waals surface area contributed by atoms with E-state index in [0.717, 1.165) is 5.56 Å². The summed E-state index contributed by atoms with van der Waals surface area (Å²) >= 11 is 12.0. The van der Waals surface area contributed by atoms with Gasteiger partial charge in [-0.05, 0) is 36.8 Å². The second-order valence-corrected chi connectivity index (χ2v) is 6.56. The maximum Gasteiger partial charge on any atom is 0.230 e. The number of aromatic nitrogens is 1. The third kappa shape index (κ3) is 3.52. The molecular formula is C17H15Cl2N3O2. The van der Waals surface area contributed by atoms with Crippen LogP contribution in [0.4, 0.5) is 11.5 Å². The van der Waals surface area contributed by atoms with E-state index in [1.165, 1.54) is 4.90 Å². The molecule has 0 saturated carbocycles. The Morgan fingerprint density at radius 2 is 2.00 bits per heavy atom. The lowest BCUT2D eigenvalue weighted by Crippen LogP contribution is -2.28. The quantitative estimate of drug-likeness (QED) is 0.904. The fourth-order valence-corrected chi connectivity index (χ4v) is 3.18. The number of carbonyl (C=O) groups excluding carboxylic acids is 2. The Bertz CT molecular complexity index is 790. The van der Waals surface area contributed by atoms with Gasteiger partial charge in [-0.15, -0.1) is 0 Å². The first-order valence-electron chi connectivity index (χ1n) is 7.43. The smallest absolute Gasteiger partial charge is 0.230 e. The average Bonchev–Trinajstić information content (AvgIpc) is 2.91. The molecule has 5 nitrogen and oxygen atoms in total. The molecule has 1 N–H and O–H groups in total. The highest BCUT2D eigenvalue weighted by Crippen LogP contribution is 2.30. The minimum atomic E-state index is -0.448. The first kappa shape index (κ1) is 16.7. The topological polar surface area (TPSA) is 62.3 Å². The van der Waals surface area contributed by atoms with Crippen LogP contribution in [-0.2, 0) is 9.59 Å². The Kier molecular flexibility index (Phi) is 4.73. The number of nitrogens with zero attached hydrogens (tertiary/aromatic N) is 2. The molecule has 1 saturated heterocycles. The first-order chi connectivity index (χ1) is 11.4. The summed E-state index contributed by atoms with van der Waals surface area (Å²) in [6, 6.07) is 8.58. The average molecular weight is 364 g/mol. The maximum atomic E-state index is 12.4. The summed E-state index contributed by atoms with van der Waals surface area (Å²) in [6.45, 7) is 2.15. The lowest BCUT2D eigenvalue weighted by molar-refractivity contribution is -0.122. The molecule has 1 aromatic heterocycles. The van der Waals surface area contributed by atoms with Crippen LogP contribution in [0.1, 0.15) is 12.0 Å². The van der Waals surface area contributed by atoms with E-state index in [1.807, 2.05) is 13.0 Å². The number of hydrogen-bond acceptors (Lipinski definition) is 3. The number of halogens is 2. The summed E-state index contributed by atoms with van der Waals surface area (Å²) in [5.74, 6) is -0.289. The summed E-state index contributed by atoms with van der Waals surface area (Å²) in [4.78, 5) is 30.4. The van der Waals surface area contributed by atoms with Gasteiger partial charge in [0, 0.05) is 34.9 Å². The largest absolute Gasteiger partial charge is 0.311 e. The Morgan fingerprint density at radius 3 is 2.67 bits per heavy atom. The standard InChI is InChI=1S/C17H15Cl2N3O2/c1-10-3-2-4-20-16(10)21-17(24)11-5-15(23)22(9-11)14-7-12(18)6-13(19)8-14/h2-4,6-8,11H,5,9H2,1H3,(H,20,21,24)/t11-/m0/s1. The number of nitrogens with one attached hydrogen (secondary N) is 1. The molecule has 7 heteroatoms. The predicted molar refractivity (Wildman–Crippen MR) is 94.5 cm³/mol. The Labute approximate surface area is 149 Å². The highest BCUT2D eigenvalue weighted by molar-refractivity contribution is 6.35. The molecule has 0 bridgehead atoms. The molecule has 0 spiro atoms. The van der Waals surface area contributed by atoms with Crippen molar-refractivity contribution in [3.63, 3.8) is 0 Å². The molecule has 24 heavy (non-hydrogen) atoms. The van der Waals surface area contributed by atoms with E-state index in [4.69, 9.17) is 23.2 Å². The van der Waals surface area contributed by atoms with Crippen LogP contribution in [0.3, 0.4) is 0 Å². The number of pyridine rings is 1. The fraction of sp³-hybridized carbons (Fsp3) is 0.235. The van der Waals surface area contributed by atoms with Crippen LogP contribution in [-0.4, -0.2) is 23.3 Å². The van der Waals surface area contributed by atoms with Crippen molar-refractivity contribution in [2.24, 2.45) is 5.92 Å². The first-order valence-corrected chi connectivity index (χ1v) is 8.18. The zero-order valence-corrected chi connectivity index (χ0v) is 14.4. The van der Waals surface area contributed by atoms with Gasteiger partial charge in [0.15, 0.2) is 0 Å². The molecule has 1 fully saturated rings. The second-order valence-electron chi connectivity index (χ2n) is 5.69. The number of aryl methyl sites for hydroxylation is 1. The van der Waals surface area contributed by atoms with Gasteiger partial charge in [0.2, 0.25) is 11.8 Å². The van der Waals surface area contributed by atoms with Gasteiger partial charge in [-0.2, -0.15) is 0 Å². The molecule has 0 unspecified atom stereocenters. The van der Waals surface area contributed by atoms with E-state index in [0.29, 0.717) is 21.6 Å². The molecule has 1 atom stereocenters. The molecule has 2 heterocycles. The third-order valence-corrected chi connectivity index (χ3v) is 4.34. The normalized spacial score (nSPS) is 17.2. The van der Waals surface area contributed by atoms with E-state index in [1.54, 1.807) is 30.5 Å². The second kappa shape index (κ2) is 6.79. The zero-order valence-electron chi connectivity index (χ0n) is 12.9. The summed E-state index contributed by atoms with van der Waals surface area (Å²) in [5.41, 5.74) is 1.47. The SMILES string of the molecule is Cc1cccnc1NC(=O)[C@H]1CC(=O)N(c2cc(Cl)cc(Cl)c2)C1. The molecule has 2 aromatic rings. The number of amides is 2. The van der Waals surface area contributed by atoms with Crippen molar-refractivity contribution in [2.45, 2.75) is 13.3 Å². The van der Waals surface area contributed by atoms with Crippen LogP contribution in [0.2, 0.25) is 10.0 Å². The minimum Gasteiger partial charge on any atom is -0.311 e. The number of carbonyl (C=O) groups is 2. The van der Waals surface area contributed by atoms with Crippen molar-refractivity contribution in [3.8, 4) is 0 Å². The fourth-order valence-electron chi connectivity index (χ4n) is 2.66. The summed E-state index contributed by atoms with van der Waals surface area (Å²) in [5, 5.41) is 3.68. The van der Waals surface area contributed by atoms with E-state index in [-0.39, 0.29) is 24.8 Å².